The molecule has 0 aliphatic rings. The van der Waals surface area contributed by atoms with Crippen molar-refractivity contribution in [3.63, 3.8) is 0 Å². The van der Waals surface area contributed by atoms with E-state index in [2.05, 4.69) is 0 Å². The molecule has 0 unspecified atom stereocenters. The summed E-state index contributed by atoms with van der Waals surface area (Å²) >= 11 is 0. The first kappa shape index (κ1) is 13.4. The number of rotatable bonds is 3. The normalized spacial score (nSPS) is 13.5. The van der Waals surface area contributed by atoms with E-state index in [1.54, 1.807) is 0 Å². The molecule has 0 aromatic heterocycles. The Morgan fingerprint density at radius 3 is 2.29 bits per heavy atom. The maximum Gasteiger partial charge on any atom is 0.416 e. The second-order valence-electron chi connectivity index (χ2n) is 3.42. The molecule has 0 spiro atoms. The Morgan fingerprint density at radius 2 is 1.94 bits per heavy atom. The minimum Gasteiger partial charge on any atom is -0.369 e. The van der Waals surface area contributed by atoms with Gasteiger partial charge in [-0.25, -0.2) is 4.39 Å². The van der Waals surface area contributed by atoms with Crippen molar-refractivity contribution < 1.29 is 22.4 Å². The molecule has 94 valence electrons. The first-order chi connectivity index (χ1) is 7.77. The lowest BCUT2D eigenvalue weighted by atomic mass is 9.96. The van der Waals surface area contributed by atoms with Crippen molar-refractivity contribution in [1.82, 2.24) is 0 Å². The topological polar surface area (TPSA) is 69.1 Å². The number of benzene rings is 1. The third-order valence-corrected chi connectivity index (χ3v) is 2.28. The van der Waals surface area contributed by atoms with Crippen LogP contribution >= 0.6 is 0 Å². The first-order valence-corrected chi connectivity index (χ1v) is 4.63. The van der Waals surface area contributed by atoms with Gasteiger partial charge in [0.05, 0.1) is 11.5 Å². The summed E-state index contributed by atoms with van der Waals surface area (Å²) in [4.78, 5) is 10.9. The quantitative estimate of drug-likeness (QED) is 0.795. The fourth-order valence-electron chi connectivity index (χ4n) is 1.38. The number of nitrogens with two attached hydrogens (primary N) is 2. The van der Waals surface area contributed by atoms with Gasteiger partial charge < -0.3 is 11.5 Å². The molecule has 0 radical (unpaired) electrons. The van der Waals surface area contributed by atoms with E-state index in [0.29, 0.717) is 12.1 Å². The summed E-state index contributed by atoms with van der Waals surface area (Å²) in [7, 11) is 0. The summed E-state index contributed by atoms with van der Waals surface area (Å²) in [6, 6.07) is 1.88. The van der Waals surface area contributed by atoms with E-state index >= 15 is 0 Å². The van der Waals surface area contributed by atoms with Crippen LogP contribution in [0.15, 0.2) is 18.2 Å². The standard InChI is InChI=1S/C10H10F4N2O/c11-8-3-5(10(12,13)14)1-2-6(8)7(4-15)9(16)17/h1-3,7H,4,15H2,(H2,16,17)/t7-/m1/s1. The van der Waals surface area contributed by atoms with E-state index in [-0.39, 0.29) is 12.1 Å². The number of carbonyl (C=O) groups is 1. The van der Waals surface area contributed by atoms with Gasteiger partial charge in [0.2, 0.25) is 5.91 Å². The summed E-state index contributed by atoms with van der Waals surface area (Å²) in [6.45, 7) is -0.266. The zero-order chi connectivity index (χ0) is 13.2. The molecule has 4 N–H and O–H groups in total. The Morgan fingerprint density at radius 1 is 1.35 bits per heavy atom. The fraction of sp³-hybridized carbons (Fsp3) is 0.300. The molecule has 0 aliphatic heterocycles. The highest BCUT2D eigenvalue weighted by Gasteiger charge is 2.32. The van der Waals surface area contributed by atoms with Crippen molar-refractivity contribution in [3.8, 4) is 0 Å². The van der Waals surface area contributed by atoms with Crippen LogP contribution in [0.1, 0.15) is 17.0 Å². The maximum absolute atomic E-state index is 13.4. The number of carbonyl (C=O) groups excluding carboxylic acids is 1. The minimum absolute atomic E-state index is 0.229. The lowest BCUT2D eigenvalue weighted by Crippen LogP contribution is -2.28. The molecule has 3 nitrogen and oxygen atoms in total. The Labute approximate surface area is 94.4 Å². The molecule has 0 saturated heterocycles. The van der Waals surface area contributed by atoms with Crippen LogP contribution in [0.3, 0.4) is 0 Å². The lowest BCUT2D eigenvalue weighted by Gasteiger charge is -2.14. The van der Waals surface area contributed by atoms with Crippen molar-refractivity contribution in [1.29, 1.82) is 0 Å². The number of primary amides is 1. The number of alkyl halides is 3. The van der Waals surface area contributed by atoms with E-state index < -0.39 is 29.4 Å². The molecule has 0 fully saturated rings. The molecular weight excluding hydrogens is 240 g/mol. The Bertz CT molecular complexity index is 431. The van der Waals surface area contributed by atoms with Gasteiger partial charge in [-0.05, 0) is 12.1 Å². The molecule has 7 heteroatoms. The van der Waals surface area contributed by atoms with E-state index in [4.69, 9.17) is 11.5 Å². The summed E-state index contributed by atoms with van der Waals surface area (Å²) < 4.78 is 50.2. The fourth-order valence-corrected chi connectivity index (χ4v) is 1.38. The highest BCUT2D eigenvalue weighted by Crippen LogP contribution is 2.31. The molecule has 0 heterocycles. The SMILES string of the molecule is NC[C@@H](C(N)=O)c1ccc(C(F)(F)F)cc1F. The molecule has 17 heavy (non-hydrogen) atoms. The molecule has 1 aromatic carbocycles. The van der Waals surface area contributed by atoms with Gasteiger partial charge in [-0.3, -0.25) is 4.79 Å². The van der Waals surface area contributed by atoms with Gasteiger partial charge in [-0.15, -0.1) is 0 Å². The molecule has 0 aliphatic carbocycles. The van der Waals surface area contributed by atoms with Gasteiger partial charge in [0.1, 0.15) is 5.82 Å². The van der Waals surface area contributed by atoms with E-state index in [9.17, 15) is 22.4 Å². The highest BCUT2D eigenvalue weighted by molar-refractivity contribution is 5.82. The van der Waals surface area contributed by atoms with Crippen LogP contribution in [0.25, 0.3) is 0 Å². The van der Waals surface area contributed by atoms with E-state index in [1.807, 2.05) is 0 Å². The van der Waals surface area contributed by atoms with Crippen molar-refractivity contribution in [2.45, 2.75) is 12.1 Å². The number of halogens is 4. The first-order valence-electron chi connectivity index (χ1n) is 4.63. The molecule has 1 atom stereocenters. The molecule has 0 bridgehead atoms. The minimum atomic E-state index is -4.63. The average molecular weight is 250 g/mol. The Balaban J connectivity index is 3.18. The van der Waals surface area contributed by atoms with Crippen LogP contribution in [0.2, 0.25) is 0 Å². The monoisotopic (exact) mass is 250 g/mol. The Hall–Kier alpha value is -1.63. The van der Waals surface area contributed by atoms with Crippen LogP contribution < -0.4 is 11.5 Å². The smallest absolute Gasteiger partial charge is 0.369 e. The van der Waals surface area contributed by atoms with Gasteiger partial charge in [0, 0.05) is 12.1 Å². The van der Waals surface area contributed by atoms with Gasteiger partial charge in [-0.2, -0.15) is 13.2 Å². The lowest BCUT2D eigenvalue weighted by molar-refractivity contribution is -0.137. The zero-order valence-corrected chi connectivity index (χ0v) is 8.59. The third kappa shape index (κ3) is 2.94. The van der Waals surface area contributed by atoms with Crippen LogP contribution in [0.5, 0.6) is 0 Å². The van der Waals surface area contributed by atoms with E-state index in [1.165, 1.54) is 0 Å². The average Bonchev–Trinajstić information content (AvgIpc) is 2.19. The van der Waals surface area contributed by atoms with Crippen molar-refractivity contribution in [3.05, 3.63) is 35.1 Å². The largest absolute Gasteiger partial charge is 0.416 e. The molecule has 1 rings (SSSR count). The summed E-state index contributed by atoms with van der Waals surface area (Å²) in [5.74, 6) is -3.16. The van der Waals surface area contributed by atoms with Crippen molar-refractivity contribution in [2.24, 2.45) is 11.5 Å². The number of hydrogen-bond donors (Lipinski definition) is 2. The highest BCUT2D eigenvalue weighted by atomic mass is 19.4. The molecular formula is C10H10F4N2O. The predicted molar refractivity (Wildman–Crippen MR) is 52.4 cm³/mol. The van der Waals surface area contributed by atoms with Gasteiger partial charge in [0.25, 0.3) is 0 Å². The Kier molecular flexibility index (Phi) is 3.72. The van der Waals surface area contributed by atoms with E-state index in [0.717, 1.165) is 6.07 Å². The van der Waals surface area contributed by atoms with Crippen LogP contribution in [-0.2, 0) is 11.0 Å². The number of amides is 1. The third-order valence-electron chi connectivity index (χ3n) is 2.28. The number of hydrogen-bond acceptors (Lipinski definition) is 2. The molecule has 1 amide bonds. The molecule has 0 saturated carbocycles. The van der Waals surface area contributed by atoms with Crippen LogP contribution in [0, 0.1) is 5.82 Å². The second kappa shape index (κ2) is 4.70. The van der Waals surface area contributed by atoms with Crippen LogP contribution in [0.4, 0.5) is 17.6 Å². The summed E-state index contributed by atoms with van der Waals surface area (Å²) in [6.07, 6.45) is -4.63. The maximum atomic E-state index is 13.4. The zero-order valence-electron chi connectivity index (χ0n) is 8.59. The van der Waals surface area contributed by atoms with Crippen LogP contribution in [-0.4, -0.2) is 12.5 Å². The molecule has 1 aromatic rings. The van der Waals surface area contributed by atoms with Gasteiger partial charge >= 0.3 is 6.18 Å². The predicted octanol–water partition coefficient (Wildman–Crippen LogP) is 1.37. The second-order valence-corrected chi connectivity index (χ2v) is 3.42. The van der Waals surface area contributed by atoms with Gasteiger partial charge in [-0.1, -0.05) is 6.07 Å². The van der Waals surface area contributed by atoms with Crippen molar-refractivity contribution >= 4 is 5.91 Å². The summed E-state index contributed by atoms with van der Waals surface area (Å²) in [5, 5.41) is 0. The van der Waals surface area contributed by atoms with Crippen molar-refractivity contribution in [2.75, 3.05) is 6.54 Å². The van der Waals surface area contributed by atoms with Gasteiger partial charge in [0.15, 0.2) is 0 Å². The summed E-state index contributed by atoms with van der Waals surface area (Å²) in [5.41, 5.74) is 8.82.